The highest BCUT2D eigenvalue weighted by Crippen LogP contribution is 2.56. The summed E-state index contributed by atoms with van der Waals surface area (Å²) in [7, 11) is 0. The summed E-state index contributed by atoms with van der Waals surface area (Å²) >= 11 is 0. The molecular formula is C100H81BN2. The van der Waals surface area contributed by atoms with Gasteiger partial charge in [0.05, 0.1) is 11.4 Å². The van der Waals surface area contributed by atoms with Crippen molar-refractivity contribution in [1.29, 1.82) is 0 Å². The molecule has 103 heavy (non-hydrogen) atoms. The van der Waals surface area contributed by atoms with Crippen molar-refractivity contribution in [3.05, 3.63) is 344 Å². The molecule has 2 heterocycles. The maximum Gasteiger partial charge on any atom is 0.252 e. The van der Waals surface area contributed by atoms with Gasteiger partial charge in [-0.05, 0) is 209 Å². The highest BCUT2D eigenvalue weighted by molar-refractivity contribution is 7.00. The van der Waals surface area contributed by atoms with E-state index in [4.69, 9.17) is 0 Å². The Bertz CT molecular complexity index is 5820. The summed E-state index contributed by atoms with van der Waals surface area (Å²) in [6.07, 6.45) is 0. The van der Waals surface area contributed by atoms with Crippen LogP contribution in [0.1, 0.15) is 79.0 Å². The molecule has 0 radical (unpaired) electrons. The second-order valence-corrected chi connectivity index (χ2v) is 31.6. The Balaban J connectivity index is 1.03. The summed E-state index contributed by atoms with van der Waals surface area (Å²) in [5.74, 6) is 0. The quantitative estimate of drug-likeness (QED) is 0.0995. The molecule has 0 fully saturated rings. The molecule has 2 aliphatic rings. The van der Waals surface area contributed by atoms with Crippen molar-refractivity contribution < 1.29 is 0 Å². The average Bonchev–Trinajstić information content (AvgIpc) is 0.687. The fourth-order valence-electron chi connectivity index (χ4n) is 16.6. The number of hydrogen-bond acceptors (Lipinski definition) is 2. The van der Waals surface area contributed by atoms with Crippen LogP contribution in [0.5, 0.6) is 0 Å². The maximum absolute atomic E-state index is 2.72. The zero-order chi connectivity index (χ0) is 70.0. The molecule has 0 spiro atoms. The maximum atomic E-state index is 2.72. The third-order valence-electron chi connectivity index (χ3n) is 22.0. The summed E-state index contributed by atoms with van der Waals surface area (Å²) in [5.41, 5.74) is 32.6. The summed E-state index contributed by atoms with van der Waals surface area (Å²) in [6.45, 7) is 21.1. The van der Waals surface area contributed by atoms with E-state index in [0.29, 0.717) is 0 Å². The molecule has 0 aliphatic carbocycles. The van der Waals surface area contributed by atoms with E-state index in [2.05, 4.69) is 400 Å². The smallest absolute Gasteiger partial charge is 0.252 e. The first kappa shape index (κ1) is 63.4. The minimum absolute atomic E-state index is 0.0654. The Kier molecular flexibility index (Phi) is 15.1. The number of rotatable bonds is 10. The van der Waals surface area contributed by atoms with Crippen LogP contribution in [-0.4, -0.2) is 6.71 Å². The summed E-state index contributed by atoms with van der Waals surface area (Å²) < 4.78 is 0. The summed E-state index contributed by atoms with van der Waals surface area (Å²) in [5, 5.41) is 7.78. The third kappa shape index (κ3) is 11.0. The van der Waals surface area contributed by atoms with E-state index in [0.717, 1.165) is 95.3 Å². The lowest BCUT2D eigenvalue weighted by atomic mass is 9.33. The monoisotopic (exact) mass is 1320 g/mol. The lowest BCUT2D eigenvalue weighted by molar-refractivity contribution is 0.590. The molecule has 0 saturated heterocycles. The first-order valence-corrected chi connectivity index (χ1v) is 36.6. The fraction of sp³-hybridized carbons (Fsp3) is 0.120. The SMILES string of the molecule is CC(C)(C)c1cc2c3c(c1)N(c1c(-c4ccccc4)cc(-c4ccccc4)cc1-c1ccccc1)c1cc(-c4ccccc4)ccc1B3c1cc(-c3cc4cc(C(C)(C)C)cc5ccc6cc(C(C)(C)C)cc3c6c54)ccc1N2c1c(-c2ccccc2)cc(-c2ccccc2)cc1-c1ccccc1. The first-order valence-electron chi connectivity index (χ1n) is 36.6. The van der Waals surface area contributed by atoms with Crippen molar-refractivity contribution in [1.82, 2.24) is 0 Å². The molecular weight excluding hydrogens is 1240 g/mol. The Hall–Kier alpha value is -11.8. The van der Waals surface area contributed by atoms with Crippen LogP contribution in [0.3, 0.4) is 0 Å². The molecule has 16 aromatic rings. The third-order valence-corrected chi connectivity index (χ3v) is 22.0. The minimum atomic E-state index is -0.315. The molecule has 0 aromatic heterocycles. The zero-order valence-electron chi connectivity index (χ0n) is 60.1. The average molecular weight is 1320 g/mol. The number of benzene rings is 16. The van der Waals surface area contributed by atoms with Crippen LogP contribution in [0, 0.1) is 0 Å². The van der Waals surface area contributed by atoms with Crippen LogP contribution in [0.15, 0.2) is 328 Å². The van der Waals surface area contributed by atoms with Crippen LogP contribution in [0.25, 0.3) is 121 Å². The van der Waals surface area contributed by atoms with Gasteiger partial charge in [0.1, 0.15) is 0 Å². The van der Waals surface area contributed by atoms with Crippen molar-refractivity contribution in [3.63, 3.8) is 0 Å². The zero-order valence-corrected chi connectivity index (χ0v) is 60.1. The lowest BCUT2D eigenvalue weighted by Gasteiger charge is -2.46. The largest absolute Gasteiger partial charge is 0.310 e. The molecule has 0 N–H and O–H groups in total. The van der Waals surface area contributed by atoms with E-state index in [-0.39, 0.29) is 23.0 Å². The van der Waals surface area contributed by atoms with Gasteiger partial charge in [0, 0.05) is 45.0 Å². The van der Waals surface area contributed by atoms with Gasteiger partial charge < -0.3 is 9.80 Å². The Morgan fingerprint density at radius 3 is 1.01 bits per heavy atom. The Morgan fingerprint density at radius 2 is 0.583 bits per heavy atom. The van der Waals surface area contributed by atoms with E-state index < -0.39 is 0 Å². The van der Waals surface area contributed by atoms with Gasteiger partial charge in [-0.15, -0.1) is 0 Å². The van der Waals surface area contributed by atoms with Crippen molar-refractivity contribution in [2.45, 2.75) is 78.6 Å². The topological polar surface area (TPSA) is 6.48 Å². The van der Waals surface area contributed by atoms with E-state index >= 15 is 0 Å². The molecule has 0 unspecified atom stereocenters. The van der Waals surface area contributed by atoms with Crippen LogP contribution < -0.4 is 26.2 Å². The van der Waals surface area contributed by atoms with Crippen molar-refractivity contribution >= 4 is 89.5 Å². The predicted molar refractivity (Wildman–Crippen MR) is 444 cm³/mol. The van der Waals surface area contributed by atoms with E-state index in [9.17, 15) is 0 Å². The molecule has 3 heteroatoms. The van der Waals surface area contributed by atoms with Crippen molar-refractivity contribution in [3.8, 4) is 89.0 Å². The Labute approximate surface area is 607 Å². The number of anilines is 6. The number of fused-ring (bicyclic) bond motifs is 4. The fourth-order valence-corrected chi connectivity index (χ4v) is 16.6. The lowest BCUT2D eigenvalue weighted by Crippen LogP contribution is -2.61. The summed E-state index contributed by atoms with van der Waals surface area (Å²) in [6, 6.07) is 125. The summed E-state index contributed by atoms with van der Waals surface area (Å²) in [4.78, 5) is 5.44. The van der Waals surface area contributed by atoms with E-state index in [1.54, 1.807) is 0 Å². The molecule has 18 rings (SSSR count). The predicted octanol–water partition coefficient (Wildman–Crippen LogP) is 25.9. The van der Waals surface area contributed by atoms with Gasteiger partial charge in [0.2, 0.25) is 0 Å². The van der Waals surface area contributed by atoms with Crippen LogP contribution >= 0.6 is 0 Å². The van der Waals surface area contributed by atoms with Crippen LogP contribution in [0.2, 0.25) is 0 Å². The highest BCUT2D eigenvalue weighted by Gasteiger charge is 2.46. The van der Waals surface area contributed by atoms with Gasteiger partial charge >= 0.3 is 0 Å². The normalized spacial score (nSPS) is 12.8. The second kappa shape index (κ2) is 24.5. The van der Waals surface area contributed by atoms with Gasteiger partial charge in [-0.25, -0.2) is 0 Å². The van der Waals surface area contributed by atoms with E-state index in [1.807, 2.05) is 0 Å². The molecule has 0 bridgehead atoms. The first-order chi connectivity index (χ1) is 50.0. The molecule has 2 aliphatic heterocycles. The molecule has 494 valence electrons. The van der Waals surface area contributed by atoms with Gasteiger partial charge in [-0.3, -0.25) is 0 Å². The minimum Gasteiger partial charge on any atom is -0.310 e. The van der Waals surface area contributed by atoms with Gasteiger partial charge in [0.15, 0.2) is 0 Å². The van der Waals surface area contributed by atoms with Crippen molar-refractivity contribution in [2.75, 3.05) is 9.80 Å². The molecule has 0 atom stereocenters. The molecule has 2 nitrogen and oxygen atoms in total. The van der Waals surface area contributed by atoms with Gasteiger partial charge in [-0.1, -0.05) is 329 Å². The second-order valence-electron chi connectivity index (χ2n) is 31.6. The molecule has 16 aromatic carbocycles. The molecule has 0 amide bonds. The Morgan fingerprint density at radius 1 is 0.223 bits per heavy atom. The van der Waals surface area contributed by atoms with Crippen molar-refractivity contribution in [2.24, 2.45) is 0 Å². The number of hydrogen-bond donors (Lipinski definition) is 0. The standard InChI is InChI=1S/C100H81BN2/c1-98(2,3)78-51-73-45-46-74-52-79(99(4,5)6)61-86-81(58-77(53-78)93(73)94(74)86)72-48-50-89-88(59-72)101-87-49-47-71(64-31-17-10-18-32-64)60-90(87)103(97-84(69-41-27-15-28-42-69)56-76(66-35-21-12-22-36-66)57-85(97)70-43-29-16-30-44-70)92-63-80(100(7,8)9)62-91(95(92)101)102(89)96-82(67-37-23-13-24-38-67)54-75(65-33-19-11-20-34-65)55-83(96)68-39-25-14-26-40-68/h10-63H,1-9H3. The molecule has 0 saturated carbocycles. The highest BCUT2D eigenvalue weighted by atomic mass is 15.2. The van der Waals surface area contributed by atoms with E-state index in [1.165, 1.54) is 93.2 Å². The van der Waals surface area contributed by atoms with Gasteiger partial charge in [-0.2, -0.15) is 0 Å². The number of nitrogens with zero attached hydrogens (tertiary/aromatic N) is 2. The van der Waals surface area contributed by atoms with Crippen LogP contribution in [-0.2, 0) is 16.2 Å². The van der Waals surface area contributed by atoms with Crippen LogP contribution in [0.4, 0.5) is 34.1 Å². The van der Waals surface area contributed by atoms with Gasteiger partial charge in [0.25, 0.3) is 6.71 Å².